The van der Waals surface area contributed by atoms with E-state index >= 15 is 0 Å². The molecule has 0 amide bonds. The molecule has 2 aromatic rings. The predicted octanol–water partition coefficient (Wildman–Crippen LogP) is 3.94. The Labute approximate surface area is 194 Å². The lowest BCUT2D eigenvalue weighted by atomic mass is 9.94. The normalized spacial score (nSPS) is 14.8. The fraction of sp³-hybridized carbons (Fsp3) is 0.650. The van der Waals surface area contributed by atoms with Gasteiger partial charge in [0.2, 0.25) is 5.89 Å². The number of halogens is 1. The van der Waals surface area contributed by atoms with Crippen molar-refractivity contribution < 1.29 is 4.42 Å². The third kappa shape index (κ3) is 7.13. The average molecular weight is 532 g/mol. The van der Waals surface area contributed by atoms with Gasteiger partial charge in [0.1, 0.15) is 12.3 Å². The molecule has 9 heteroatoms. The Balaban J connectivity index is 0.00000300. The average Bonchev–Trinajstić information content (AvgIpc) is 3.39. The zero-order chi connectivity index (χ0) is 20.0. The number of anilines is 1. The summed E-state index contributed by atoms with van der Waals surface area (Å²) in [7, 11) is 0. The molecular weight excluding hydrogens is 499 g/mol. The van der Waals surface area contributed by atoms with Crippen LogP contribution in [0.1, 0.15) is 57.9 Å². The molecule has 0 bridgehead atoms. The topological polar surface area (TPSA) is 78.6 Å². The fourth-order valence-corrected chi connectivity index (χ4v) is 3.91. The number of oxazole rings is 1. The first kappa shape index (κ1) is 23.9. The molecule has 0 aromatic carbocycles. The molecule has 7 nitrogen and oxygen atoms in total. The van der Waals surface area contributed by atoms with Crippen molar-refractivity contribution in [3.8, 4) is 0 Å². The summed E-state index contributed by atoms with van der Waals surface area (Å²) < 4.78 is 5.81. The Morgan fingerprint density at radius 3 is 2.69 bits per heavy atom. The zero-order valence-electron chi connectivity index (χ0n) is 17.8. The van der Waals surface area contributed by atoms with Crippen LogP contribution in [0.2, 0.25) is 0 Å². The number of guanidine groups is 1. The monoisotopic (exact) mass is 532 g/mol. The lowest BCUT2D eigenvalue weighted by Crippen LogP contribution is -2.38. The standard InChI is InChI=1S/C20H32N6OS.HI/c1-5-21-18(24-13-17-23-12-16(27-17)20(2,3)4)22-9-8-15-14-28-19(25-15)26-10-6-7-11-26;/h12,14H,5-11,13H2,1-4H3,(H2,21,22,24);1H. The summed E-state index contributed by atoms with van der Waals surface area (Å²) in [5.41, 5.74) is 1.09. The number of hydrogen-bond donors (Lipinski definition) is 2. The van der Waals surface area contributed by atoms with Crippen LogP contribution in [0, 0.1) is 0 Å². The molecule has 0 unspecified atom stereocenters. The summed E-state index contributed by atoms with van der Waals surface area (Å²) in [5.74, 6) is 2.29. The Hall–Kier alpha value is -1.36. The first-order valence-electron chi connectivity index (χ1n) is 10.1. The second-order valence-corrected chi connectivity index (χ2v) is 8.89. The van der Waals surface area contributed by atoms with Gasteiger partial charge in [-0.1, -0.05) is 20.8 Å². The van der Waals surface area contributed by atoms with E-state index in [2.05, 4.69) is 58.6 Å². The molecule has 3 heterocycles. The second-order valence-electron chi connectivity index (χ2n) is 8.06. The van der Waals surface area contributed by atoms with Crippen molar-refractivity contribution >= 4 is 46.4 Å². The summed E-state index contributed by atoms with van der Waals surface area (Å²) in [4.78, 5) is 16.1. The van der Waals surface area contributed by atoms with Crippen LogP contribution < -0.4 is 15.5 Å². The molecule has 0 atom stereocenters. The van der Waals surface area contributed by atoms with Gasteiger partial charge in [-0.25, -0.2) is 15.0 Å². The fourth-order valence-electron chi connectivity index (χ4n) is 2.99. The smallest absolute Gasteiger partial charge is 0.216 e. The first-order chi connectivity index (χ1) is 13.5. The minimum Gasteiger partial charge on any atom is -0.443 e. The van der Waals surface area contributed by atoms with E-state index in [0.29, 0.717) is 12.4 Å². The Morgan fingerprint density at radius 1 is 1.28 bits per heavy atom. The second kappa shape index (κ2) is 11.1. The highest BCUT2D eigenvalue weighted by Crippen LogP contribution is 2.24. The summed E-state index contributed by atoms with van der Waals surface area (Å²) in [6.45, 7) is 12.7. The summed E-state index contributed by atoms with van der Waals surface area (Å²) in [6, 6.07) is 0. The van der Waals surface area contributed by atoms with E-state index in [-0.39, 0.29) is 29.4 Å². The van der Waals surface area contributed by atoms with Crippen LogP contribution in [-0.2, 0) is 18.4 Å². The zero-order valence-corrected chi connectivity index (χ0v) is 21.0. The Morgan fingerprint density at radius 2 is 2.03 bits per heavy atom. The molecule has 162 valence electrons. The highest BCUT2D eigenvalue weighted by Gasteiger charge is 2.19. The van der Waals surface area contributed by atoms with Crippen LogP contribution in [0.3, 0.4) is 0 Å². The maximum atomic E-state index is 5.81. The van der Waals surface area contributed by atoms with Gasteiger partial charge in [0, 0.05) is 43.4 Å². The number of rotatable bonds is 7. The molecule has 0 aliphatic carbocycles. The minimum atomic E-state index is -0.0425. The van der Waals surface area contributed by atoms with Crippen molar-refractivity contribution in [3.63, 3.8) is 0 Å². The molecule has 1 fully saturated rings. The van der Waals surface area contributed by atoms with Gasteiger partial charge in [-0.3, -0.25) is 0 Å². The van der Waals surface area contributed by atoms with Crippen molar-refractivity contribution in [1.82, 2.24) is 20.6 Å². The van der Waals surface area contributed by atoms with E-state index in [9.17, 15) is 0 Å². The number of hydrogen-bond acceptors (Lipinski definition) is 6. The van der Waals surface area contributed by atoms with Crippen LogP contribution in [-0.4, -0.2) is 42.1 Å². The van der Waals surface area contributed by atoms with E-state index in [0.717, 1.165) is 55.1 Å². The third-order valence-corrected chi connectivity index (χ3v) is 5.55. The van der Waals surface area contributed by atoms with Crippen molar-refractivity contribution in [2.45, 2.75) is 58.9 Å². The van der Waals surface area contributed by atoms with E-state index in [1.807, 2.05) is 0 Å². The molecule has 0 saturated carbocycles. The van der Waals surface area contributed by atoms with E-state index < -0.39 is 0 Å². The molecule has 1 aliphatic rings. The number of thiazole rings is 1. The van der Waals surface area contributed by atoms with Gasteiger partial charge in [-0.2, -0.15) is 0 Å². The molecule has 1 aliphatic heterocycles. The Kier molecular flexibility index (Phi) is 9.19. The van der Waals surface area contributed by atoms with Gasteiger partial charge < -0.3 is 20.0 Å². The van der Waals surface area contributed by atoms with Crippen molar-refractivity contribution in [3.05, 3.63) is 28.9 Å². The number of aliphatic imine (C=N–C) groups is 1. The highest BCUT2D eigenvalue weighted by molar-refractivity contribution is 14.0. The van der Waals surface area contributed by atoms with Crippen LogP contribution in [0.25, 0.3) is 0 Å². The third-order valence-electron chi connectivity index (χ3n) is 4.60. The van der Waals surface area contributed by atoms with Gasteiger partial charge in [-0.05, 0) is 19.8 Å². The molecule has 2 N–H and O–H groups in total. The van der Waals surface area contributed by atoms with Crippen LogP contribution in [0.4, 0.5) is 5.13 Å². The van der Waals surface area contributed by atoms with Crippen molar-refractivity contribution in [2.75, 3.05) is 31.1 Å². The lowest BCUT2D eigenvalue weighted by Gasteiger charge is -2.13. The van der Waals surface area contributed by atoms with Gasteiger partial charge in [0.25, 0.3) is 0 Å². The number of aromatic nitrogens is 2. The number of nitrogens with zero attached hydrogens (tertiary/aromatic N) is 4. The van der Waals surface area contributed by atoms with Crippen LogP contribution in [0.15, 0.2) is 21.0 Å². The quantitative estimate of drug-likeness (QED) is 0.320. The minimum absolute atomic E-state index is 0. The number of nitrogens with one attached hydrogen (secondary N) is 2. The first-order valence-corrected chi connectivity index (χ1v) is 11.0. The largest absolute Gasteiger partial charge is 0.443 e. The van der Waals surface area contributed by atoms with Crippen molar-refractivity contribution in [2.24, 2.45) is 4.99 Å². The van der Waals surface area contributed by atoms with Crippen LogP contribution in [0.5, 0.6) is 0 Å². The van der Waals surface area contributed by atoms with Gasteiger partial charge >= 0.3 is 0 Å². The molecule has 0 spiro atoms. The Bertz CT molecular complexity index is 776. The summed E-state index contributed by atoms with van der Waals surface area (Å²) in [6.07, 6.45) is 5.23. The van der Waals surface area contributed by atoms with Gasteiger partial charge in [0.05, 0.1) is 11.9 Å². The molecular formula is C20H33IN6OS. The maximum Gasteiger partial charge on any atom is 0.216 e. The molecule has 2 aromatic heterocycles. The molecule has 1 saturated heterocycles. The van der Waals surface area contributed by atoms with Crippen molar-refractivity contribution in [1.29, 1.82) is 0 Å². The lowest BCUT2D eigenvalue weighted by molar-refractivity contribution is 0.383. The summed E-state index contributed by atoms with van der Waals surface area (Å²) >= 11 is 1.75. The predicted molar refractivity (Wildman–Crippen MR) is 131 cm³/mol. The van der Waals surface area contributed by atoms with E-state index in [1.54, 1.807) is 17.5 Å². The summed E-state index contributed by atoms with van der Waals surface area (Å²) in [5, 5.41) is 9.97. The van der Waals surface area contributed by atoms with E-state index in [4.69, 9.17) is 9.40 Å². The SMILES string of the molecule is CCNC(=NCc1ncc(C(C)(C)C)o1)NCCc1csc(N2CCCC2)n1.I. The van der Waals surface area contributed by atoms with Gasteiger partial charge in [-0.15, -0.1) is 35.3 Å². The van der Waals surface area contributed by atoms with Crippen LogP contribution >= 0.6 is 35.3 Å². The molecule has 29 heavy (non-hydrogen) atoms. The highest BCUT2D eigenvalue weighted by atomic mass is 127. The molecule has 0 radical (unpaired) electrons. The van der Waals surface area contributed by atoms with Gasteiger partial charge in [0.15, 0.2) is 11.1 Å². The van der Waals surface area contributed by atoms with E-state index in [1.165, 1.54) is 12.8 Å². The maximum absolute atomic E-state index is 5.81. The molecule has 3 rings (SSSR count).